The number of ether oxygens (including phenoxy) is 1. The zero-order chi connectivity index (χ0) is 19.8. The number of carbonyl (C=O) groups is 2. The van der Waals surface area contributed by atoms with E-state index in [2.05, 4.69) is 15.6 Å². The van der Waals surface area contributed by atoms with E-state index in [0.29, 0.717) is 25.9 Å². The van der Waals surface area contributed by atoms with E-state index in [1.54, 1.807) is 7.11 Å². The van der Waals surface area contributed by atoms with Gasteiger partial charge in [-0.05, 0) is 74.8 Å². The molecule has 1 fully saturated rings. The summed E-state index contributed by atoms with van der Waals surface area (Å²) in [6.07, 6.45) is 6.03. The minimum absolute atomic E-state index is 0.0171. The van der Waals surface area contributed by atoms with Crippen molar-refractivity contribution in [2.45, 2.75) is 32.1 Å². The summed E-state index contributed by atoms with van der Waals surface area (Å²) in [5.74, 6) is 0.741. The van der Waals surface area contributed by atoms with Crippen LogP contribution < -0.4 is 15.5 Å². The van der Waals surface area contributed by atoms with E-state index in [0.717, 1.165) is 30.0 Å². The molecule has 2 amide bonds. The first kappa shape index (κ1) is 20.2. The molecule has 1 saturated heterocycles. The Labute approximate surface area is 166 Å². The highest BCUT2D eigenvalue weighted by atomic mass is 16.5. The van der Waals surface area contributed by atoms with Crippen LogP contribution in [0.1, 0.15) is 37.7 Å². The Balaban J connectivity index is 1.40. The average Bonchev–Trinajstić information content (AvgIpc) is 3.24. The third-order valence-corrected chi connectivity index (χ3v) is 5.17. The van der Waals surface area contributed by atoms with Crippen LogP contribution in [0.4, 0.5) is 0 Å². The second-order valence-electron chi connectivity index (χ2n) is 7.21. The molecule has 1 aromatic rings. The second-order valence-corrected chi connectivity index (χ2v) is 7.21. The maximum atomic E-state index is 12.2. The SMILES string of the molecule is COc1ccc(C2=CCC(=O)N(CCC(=O)NCCCN3CCCC3)N2)cc1. The van der Waals surface area contributed by atoms with Crippen molar-refractivity contribution in [2.75, 3.05) is 39.8 Å². The minimum atomic E-state index is -0.0286. The number of nitrogens with one attached hydrogen (secondary N) is 2. The van der Waals surface area contributed by atoms with Gasteiger partial charge in [-0.2, -0.15) is 0 Å². The third kappa shape index (κ3) is 5.73. The highest BCUT2D eigenvalue weighted by Gasteiger charge is 2.20. The molecule has 0 unspecified atom stereocenters. The lowest BCUT2D eigenvalue weighted by Gasteiger charge is -2.29. The Hall–Kier alpha value is -2.54. The summed E-state index contributed by atoms with van der Waals surface area (Å²) in [6, 6.07) is 7.65. The zero-order valence-corrected chi connectivity index (χ0v) is 16.6. The average molecular weight is 386 g/mol. The van der Waals surface area contributed by atoms with Gasteiger partial charge in [0.2, 0.25) is 11.8 Å². The first-order chi connectivity index (χ1) is 13.7. The van der Waals surface area contributed by atoms with Gasteiger partial charge in [-0.3, -0.25) is 20.0 Å². The summed E-state index contributed by atoms with van der Waals surface area (Å²) in [5, 5.41) is 4.49. The Bertz CT molecular complexity index is 696. The largest absolute Gasteiger partial charge is 0.497 e. The Kier molecular flexibility index (Phi) is 7.31. The summed E-state index contributed by atoms with van der Waals surface area (Å²) in [5.41, 5.74) is 4.98. The number of hydrogen-bond donors (Lipinski definition) is 2. The molecule has 28 heavy (non-hydrogen) atoms. The number of amides is 2. The van der Waals surface area contributed by atoms with E-state index in [1.165, 1.54) is 30.9 Å². The molecule has 2 aliphatic heterocycles. The van der Waals surface area contributed by atoms with Crippen LogP contribution in [0, 0.1) is 0 Å². The standard InChI is InChI=1S/C21H30N4O3/c1-28-18-7-5-17(6-8-18)19-9-10-21(27)25(23-19)16-11-20(26)22-12-4-15-24-13-2-3-14-24/h5-9,23H,2-4,10-16H2,1H3,(H,22,26). The Morgan fingerprint density at radius 2 is 1.93 bits per heavy atom. The molecular formula is C21H30N4O3. The van der Waals surface area contributed by atoms with Crippen LogP contribution in [0.15, 0.2) is 30.3 Å². The molecular weight excluding hydrogens is 356 g/mol. The Morgan fingerprint density at radius 1 is 1.18 bits per heavy atom. The van der Waals surface area contributed by atoms with Gasteiger partial charge < -0.3 is 15.0 Å². The number of rotatable bonds is 9. The smallest absolute Gasteiger partial charge is 0.244 e. The molecule has 2 N–H and O–H groups in total. The van der Waals surface area contributed by atoms with Crippen LogP contribution in [0.3, 0.4) is 0 Å². The normalized spacial score (nSPS) is 17.2. The molecule has 1 aromatic carbocycles. The molecule has 0 atom stereocenters. The summed E-state index contributed by atoms with van der Waals surface area (Å²) in [6.45, 7) is 4.45. The number of methoxy groups -OCH3 is 1. The van der Waals surface area contributed by atoms with Crippen molar-refractivity contribution in [1.82, 2.24) is 20.7 Å². The first-order valence-electron chi connectivity index (χ1n) is 10.1. The van der Waals surface area contributed by atoms with Crippen molar-refractivity contribution >= 4 is 17.5 Å². The van der Waals surface area contributed by atoms with Crippen molar-refractivity contribution in [3.63, 3.8) is 0 Å². The van der Waals surface area contributed by atoms with Crippen LogP contribution in [0.25, 0.3) is 5.70 Å². The highest BCUT2D eigenvalue weighted by Crippen LogP contribution is 2.20. The molecule has 2 aliphatic rings. The lowest BCUT2D eigenvalue weighted by atomic mass is 10.1. The van der Waals surface area contributed by atoms with Gasteiger partial charge in [0.25, 0.3) is 0 Å². The Morgan fingerprint density at radius 3 is 2.64 bits per heavy atom. The van der Waals surface area contributed by atoms with Crippen LogP contribution in [-0.4, -0.2) is 61.6 Å². The molecule has 0 saturated carbocycles. The fraction of sp³-hybridized carbons (Fsp3) is 0.524. The van der Waals surface area contributed by atoms with Crippen molar-refractivity contribution in [2.24, 2.45) is 0 Å². The van der Waals surface area contributed by atoms with E-state index in [-0.39, 0.29) is 11.8 Å². The number of likely N-dealkylation sites (tertiary alicyclic amines) is 1. The summed E-state index contributed by atoms with van der Waals surface area (Å²) >= 11 is 0. The fourth-order valence-corrected chi connectivity index (χ4v) is 3.52. The van der Waals surface area contributed by atoms with Crippen LogP contribution >= 0.6 is 0 Å². The quantitative estimate of drug-likeness (QED) is 0.633. The zero-order valence-electron chi connectivity index (χ0n) is 16.6. The van der Waals surface area contributed by atoms with Gasteiger partial charge in [0.05, 0.1) is 19.4 Å². The van der Waals surface area contributed by atoms with Crippen LogP contribution in [0.2, 0.25) is 0 Å². The maximum Gasteiger partial charge on any atom is 0.244 e. The maximum absolute atomic E-state index is 12.2. The van der Waals surface area contributed by atoms with Gasteiger partial charge in [-0.15, -0.1) is 0 Å². The fourth-order valence-electron chi connectivity index (χ4n) is 3.52. The van der Waals surface area contributed by atoms with Crippen molar-refractivity contribution in [1.29, 1.82) is 0 Å². The summed E-state index contributed by atoms with van der Waals surface area (Å²) in [7, 11) is 1.63. The third-order valence-electron chi connectivity index (χ3n) is 5.17. The molecule has 0 aliphatic carbocycles. The van der Waals surface area contributed by atoms with E-state index >= 15 is 0 Å². The molecule has 152 valence electrons. The van der Waals surface area contributed by atoms with E-state index < -0.39 is 0 Å². The van der Waals surface area contributed by atoms with Gasteiger partial charge in [0.15, 0.2) is 0 Å². The highest BCUT2D eigenvalue weighted by molar-refractivity contribution is 5.84. The molecule has 0 bridgehead atoms. The molecule has 0 spiro atoms. The summed E-state index contributed by atoms with van der Waals surface area (Å²) in [4.78, 5) is 26.7. The molecule has 0 aromatic heterocycles. The van der Waals surface area contributed by atoms with Gasteiger partial charge in [0.1, 0.15) is 5.75 Å². The van der Waals surface area contributed by atoms with Crippen molar-refractivity contribution in [3.8, 4) is 5.75 Å². The summed E-state index contributed by atoms with van der Waals surface area (Å²) < 4.78 is 5.18. The number of hydrazine groups is 1. The molecule has 2 heterocycles. The number of carbonyl (C=O) groups excluding carboxylic acids is 2. The van der Waals surface area contributed by atoms with E-state index in [9.17, 15) is 9.59 Å². The molecule has 7 nitrogen and oxygen atoms in total. The predicted octanol–water partition coefficient (Wildman–Crippen LogP) is 1.77. The van der Waals surface area contributed by atoms with Crippen LogP contribution in [-0.2, 0) is 9.59 Å². The molecule has 0 radical (unpaired) electrons. The van der Waals surface area contributed by atoms with Gasteiger partial charge in [0, 0.05) is 19.4 Å². The van der Waals surface area contributed by atoms with Crippen LogP contribution in [0.5, 0.6) is 5.75 Å². The predicted molar refractivity (Wildman–Crippen MR) is 108 cm³/mol. The monoisotopic (exact) mass is 386 g/mol. The number of benzene rings is 1. The lowest BCUT2D eigenvalue weighted by molar-refractivity contribution is -0.133. The van der Waals surface area contributed by atoms with E-state index in [4.69, 9.17) is 4.74 Å². The van der Waals surface area contributed by atoms with Crippen molar-refractivity contribution < 1.29 is 14.3 Å². The number of nitrogens with zero attached hydrogens (tertiary/aromatic N) is 2. The van der Waals surface area contributed by atoms with Crippen molar-refractivity contribution in [3.05, 3.63) is 35.9 Å². The van der Waals surface area contributed by atoms with E-state index in [1.807, 2.05) is 30.3 Å². The van der Waals surface area contributed by atoms with Gasteiger partial charge in [-0.25, -0.2) is 0 Å². The molecule has 3 rings (SSSR count). The first-order valence-corrected chi connectivity index (χ1v) is 10.1. The minimum Gasteiger partial charge on any atom is -0.497 e. The topological polar surface area (TPSA) is 73.9 Å². The lowest BCUT2D eigenvalue weighted by Crippen LogP contribution is -2.46. The number of hydrogen-bond acceptors (Lipinski definition) is 5. The molecule has 7 heteroatoms. The second kappa shape index (κ2) is 10.1. The van der Waals surface area contributed by atoms with Gasteiger partial charge in [-0.1, -0.05) is 0 Å². The van der Waals surface area contributed by atoms with Gasteiger partial charge >= 0.3 is 0 Å².